The van der Waals surface area contributed by atoms with Gasteiger partial charge in [0.25, 0.3) is 10.0 Å². The fourth-order valence-electron chi connectivity index (χ4n) is 4.54. The number of aromatic nitrogens is 1. The van der Waals surface area contributed by atoms with Crippen LogP contribution < -0.4 is 18.9 Å². The van der Waals surface area contributed by atoms with Crippen LogP contribution in [0.3, 0.4) is 0 Å². The molecular weight excluding hydrogens is 548 g/mol. The number of anilines is 1. The van der Waals surface area contributed by atoms with E-state index >= 15 is 0 Å². The van der Waals surface area contributed by atoms with Gasteiger partial charge in [0.15, 0.2) is 11.5 Å². The first kappa shape index (κ1) is 28.2. The lowest BCUT2D eigenvalue weighted by Crippen LogP contribution is -2.44. The van der Waals surface area contributed by atoms with E-state index in [1.165, 1.54) is 11.3 Å². The Morgan fingerprint density at radius 3 is 2.58 bits per heavy atom. The summed E-state index contributed by atoms with van der Waals surface area (Å²) in [5.41, 5.74) is 1.11. The number of nitrogens with zero attached hydrogens (tertiary/aromatic N) is 3. The number of likely N-dealkylation sites (N-methyl/N-ethyl adjacent to an activating group) is 1. The number of pyridine rings is 1. The van der Waals surface area contributed by atoms with Gasteiger partial charge in [-0.25, -0.2) is 8.42 Å². The van der Waals surface area contributed by atoms with Crippen LogP contribution in [0.15, 0.2) is 65.0 Å². The fourth-order valence-corrected chi connectivity index (χ4v) is 6.88. The summed E-state index contributed by atoms with van der Waals surface area (Å²) in [6.45, 7) is 7.84. The Balaban J connectivity index is 1.28. The minimum atomic E-state index is -3.68. The standard InChI is InChI=1S/C29H34N4O5S2/c1-21-8-9-29(39-21)40(34,35)31-22-6-4-7-23(18-22)38-26-10-11-30-25-20-28(27(36-3)19-24(25)26)37-17-5-12-33-15-13-32(2)14-16-33/h4,6-11,18-20,31H,5,12-17H2,1-3H3. The maximum absolute atomic E-state index is 12.8. The van der Waals surface area contributed by atoms with Crippen LogP contribution in [0.1, 0.15) is 11.3 Å². The number of piperazine rings is 1. The summed E-state index contributed by atoms with van der Waals surface area (Å²) in [5, 5.41) is 0.754. The average molecular weight is 583 g/mol. The summed E-state index contributed by atoms with van der Waals surface area (Å²) >= 11 is 1.22. The predicted molar refractivity (Wildman–Crippen MR) is 159 cm³/mol. The van der Waals surface area contributed by atoms with Gasteiger partial charge in [-0.05, 0) is 56.8 Å². The third kappa shape index (κ3) is 6.84. The normalized spacial score (nSPS) is 14.8. The quantitative estimate of drug-likeness (QED) is 0.241. The molecule has 3 heterocycles. The van der Waals surface area contributed by atoms with Crippen LogP contribution in [-0.2, 0) is 10.0 Å². The molecule has 0 spiro atoms. The van der Waals surface area contributed by atoms with Gasteiger partial charge < -0.3 is 24.0 Å². The van der Waals surface area contributed by atoms with Crippen LogP contribution in [0.25, 0.3) is 10.9 Å². The second-order valence-electron chi connectivity index (χ2n) is 9.78. The second-order valence-corrected chi connectivity index (χ2v) is 13.0. The summed E-state index contributed by atoms with van der Waals surface area (Å²) in [6, 6.07) is 15.7. The van der Waals surface area contributed by atoms with Crippen molar-refractivity contribution in [2.24, 2.45) is 0 Å². The zero-order chi connectivity index (χ0) is 28.1. The molecule has 0 unspecified atom stereocenters. The molecule has 1 N–H and O–H groups in total. The van der Waals surface area contributed by atoms with Crippen molar-refractivity contribution in [1.82, 2.24) is 14.8 Å². The molecule has 11 heteroatoms. The van der Waals surface area contributed by atoms with Crippen molar-refractivity contribution in [3.63, 3.8) is 0 Å². The van der Waals surface area contributed by atoms with Gasteiger partial charge in [-0.1, -0.05) is 6.07 Å². The highest BCUT2D eigenvalue weighted by molar-refractivity contribution is 7.94. The minimum absolute atomic E-state index is 0.265. The summed E-state index contributed by atoms with van der Waals surface area (Å²) in [7, 11) is 0.0886. The minimum Gasteiger partial charge on any atom is -0.493 e. The van der Waals surface area contributed by atoms with E-state index in [1.54, 1.807) is 55.8 Å². The highest BCUT2D eigenvalue weighted by atomic mass is 32.2. The first-order chi connectivity index (χ1) is 19.3. The first-order valence-corrected chi connectivity index (χ1v) is 15.5. The molecule has 40 heavy (non-hydrogen) atoms. The molecular formula is C29H34N4O5S2. The van der Waals surface area contributed by atoms with Crippen molar-refractivity contribution < 1.29 is 22.6 Å². The lowest BCUT2D eigenvalue weighted by atomic mass is 10.1. The van der Waals surface area contributed by atoms with Gasteiger partial charge in [0, 0.05) is 61.3 Å². The monoisotopic (exact) mass is 582 g/mol. The van der Waals surface area contributed by atoms with Gasteiger partial charge >= 0.3 is 0 Å². The van der Waals surface area contributed by atoms with Gasteiger partial charge in [-0.3, -0.25) is 9.71 Å². The van der Waals surface area contributed by atoms with Crippen molar-refractivity contribution >= 4 is 38.0 Å². The Morgan fingerprint density at radius 1 is 1.00 bits per heavy atom. The molecule has 0 amide bonds. The van der Waals surface area contributed by atoms with Gasteiger partial charge in [-0.2, -0.15) is 0 Å². The van der Waals surface area contributed by atoms with E-state index in [0.29, 0.717) is 40.8 Å². The van der Waals surface area contributed by atoms with Gasteiger partial charge in [0.1, 0.15) is 15.7 Å². The Morgan fingerprint density at radius 2 is 1.82 bits per heavy atom. The van der Waals surface area contributed by atoms with Crippen LogP contribution in [0.5, 0.6) is 23.0 Å². The van der Waals surface area contributed by atoms with E-state index in [4.69, 9.17) is 14.2 Å². The topological polar surface area (TPSA) is 93.2 Å². The first-order valence-electron chi connectivity index (χ1n) is 13.2. The average Bonchev–Trinajstić information content (AvgIpc) is 3.39. The van der Waals surface area contributed by atoms with Crippen molar-refractivity contribution in [2.75, 3.05) is 58.2 Å². The molecule has 212 valence electrons. The Labute approximate surface area is 239 Å². The van der Waals surface area contributed by atoms with Crippen molar-refractivity contribution in [1.29, 1.82) is 0 Å². The molecule has 1 saturated heterocycles. The number of benzene rings is 2. The largest absolute Gasteiger partial charge is 0.493 e. The highest BCUT2D eigenvalue weighted by Gasteiger charge is 2.18. The number of ether oxygens (including phenoxy) is 3. The maximum atomic E-state index is 12.8. The van der Waals surface area contributed by atoms with Crippen LogP contribution in [0.2, 0.25) is 0 Å². The molecule has 1 aliphatic rings. The molecule has 5 rings (SSSR count). The Kier molecular flexibility index (Phi) is 8.75. The van der Waals surface area contributed by atoms with Gasteiger partial charge in [0.05, 0.1) is 24.9 Å². The number of fused-ring (bicyclic) bond motifs is 1. The molecule has 0 aliphatic carbocycles. The smallest absolute Gasteiger partial charge is 0.271 e. The molecule has 0 radical (unpaired) electrons. The number of rotatable bonds is 11. The SMILES string of the molecule is COc1cc2c(Oc3cccc(NS(=O)(=O)c4ccc(C)s4)c3)ccnc2cc1OCCCN1CCN(C)CC1. The lowest BCUT2D eigenvalue weighted by Gasteiger charge is -2.32. The fraction of sp³-hybridized carbons (Fsp3) is 0.345. The van der Waals surface area contributed by atoms with E-state index in [0.717, 1.165) is 49.4 Å². The third-order valence-corrected chi connectivity index (χ3v) is 9.63. The number of methoxy groups -OCH3 is 1. The summed E-state index contributed by atoms with van der Waals surface area (Å²) < 4.78 is 46.4. The molecule has 9 nitrogen and oxygen atoms in total. The molecule has 0 atom stereocenters. The van der Waals surface area contributed by atoms with Gasteiger partial charge in [0.2, 0.25) is 0 Å². The van der Waals surface area contributed by atoms with Crippen molar-refractivity contribution in [3.05, 3.63) is 65.7 Å². The summed E-state index contributed by atoms with van der Waals surface area (Å²) in [6.07, 6.45) is 2.60. The van der Waals surface area contributed by atoms with E-state index < -0.39 is 10.0 Å². The maximum Gasteiger partial charge on any atom is 0.271 e. The number of sulfonamides is 1. The van der Waals surface area contributed by atoms with E-state index in [1.807, 2.05) is 19.1 Å². The number of thiophene rings is 1. The number of hydrogen-bond acceptors (Lipinski definition) is 9. The number of nitrogens with one attached hydrogen (secondary N) is 1. The van der Waals surface area contributed by atoms with Crippen LogP contribution >= 0.6 is 11.3 Å². The summed E-state index contributed by atoms with van der Waals surface area (Å²) in [5.74, 6) is 2.29. The van der Waals surface area contributed by atoms with Crippen LogP contribution in [0, 0.1) is 6.92 Å². The molecule has 4 aromatic rings. The Bertz CT molecular complexity index is 1570. The molecule has 0 bridgehead atoms. The Hall–Kier alpha value is -3.38. The zero-order valence-corrected chi connectivity index (χ0v) is 24.6. The lowest BCUT2D eigenvalue weighted by molar-refractivity contribution is 0.145. The highest BCUT2D eigenvalue weighted by Crippen LogP contribution is 2.37. The van der Waals surface area contributed by atoms with Gasteiger partial charge in [-0.15, -0.1) is 11.3 Å². The van der Waals surface area contributed by atoms with E-state index in [9.17, 15) is 8.42 Å². The second kappa shape index (κ2) is 12.4. The predicted octanol–water partition coefficient (Wildman–Crippen LogP) is 5.22. The van der Waals surface area contributed by atoms with Crippen molar-refractivity contribution in [3.8, 4) is 23.0 Å². The van der Waals surface area contributed by atoms with Crippen LogP contribution in [0.4, 0.5) is 5.69 Å². The van der Waals surface area contributed by atoms with E-state index in [2.05, 4.69) is 26.6 Å². The van der Waals surface area contributed by atoms with Crippen LogP contribution in [-0.4, -0.2) is 76.7 Å². The molecule has 2 aromatic carbocycles. The zero-order valence-electron chi connectivity index (χ0n) is 22.9. The third-order valence-electron chi connectivity index (χ3n) is 6.75. The van der Waals surface area contributed by atoms with E-state index in [-0.39, 0.29) is 4.21 Å². The molecule has 1 fully saturated rings. The van der Waals surface area contributed by atoms with Crippen molar-refractivity contribution in [2.45, 2.75) is 17.6 Å². The number of hydrogen-bond donors (Lipinski definition) is 1. The molecule has 0 saturated carbocycles. The molecule has 1 aliphatic heterocycles. The summed E-state index contributed by atoms with van der Waals surface area (Å²) in [4.78, 5) is 10.3. The number of aryl methyl sites for hydroxylation is 1. The molecule has 2 aromatic heterocycles.